The Labute approximate surface area is 115 Å². The molecule has 1 unspecified atom stereocenters. The molecule has 1 rings (SSSR count). The zero-order valence-electron chi connectivity index (χ0n) is 9.49. The Morgan fingerprint density at radius 2 is 1.89 bits per heavy atom. The summed E-state index contributed by atoms with van der Waals surface area (Å²) in [6.45, 7) is 1.71. The van der Waals surface area contributed by atoms with Crippen molar-refractivity contribution in [3.8, 4) is 5.75 Å². The van der Waals surface area contributed by atoms with Gasteiger partial charge in [0.25, 0.3) is 0 Å². The van der Waals surface area contributed by atoms with E-state index in [0.29, 0.717) is 4.47 Å². The van der Waals surface area contributed by atoms with Crippen LogP contribution in [-0.2, 0) is 0 Å². The molecule has 1 nitrogen and oxygen atoms in total. The van der Waals surface area contributed by atoms with E-state index in [9.17, 15) is 17.6 Å². The van der Waals surface area contributed by atoms with Crippen LogP contribution in [-0.4, -0.2) is 19.5 Å². The molecule has 1 aromatic rings. The molecular formula is C11H10BrClF4O. The Hall–Kier alpha value is -0.490. The van der Waals surface area contributed by atoms with E-state index in [0.717, 1.165) is 5.56 Å². The Morgan fingerprint density at radius 1 is 1.33 bits per heavy atom. The van der Waals surface area contributed by atoms with Crippen LogP contribution in [0.1, 0.15) is 16.5 Å². The van der Waals surface area contributed by atoms with Crippen molar-refractivity contribution in [1.82, 2.24) is 0 Å². The zero-order chi connectivity index (χ0) is 14.1. The number of ether oxygens (including phenoxy) is 1. The van der Waals surface area contributed by atoms with Gasteiger partial charge in [-0.3, -0.25) is 0 Å². The van der Waals surface area contributed by atoms with E-state index in [-0.39, 0.29) is 11.3 Å². The Balaban J connectivity index is 3.28. The number of hydrogen-bond acceptors (Lipinski definition) is 1. The SMILES string of the molecule is COc1cc(C)c(Br)cc1C(Cl)C(F)(F)C(F)F. The van der Waals surface area contributed by atoms with Crippen LogP contribution in [0.2, 0.25) is 0 Å². The van der Waals surface area contributed by atoms with E-state index in [4.69, 9.17) is 16.3 Å². The van der Waals surface area contributed by atoms with Crippen LogP contribution in [0.5, 0.6) is 5.75 Å². The minimum atomic E-state index is -4.33. The number of alkyl halides is 5. The van der Waals surface area contributed by atoms with Gasteiger partial charge in [0.1, 0.15) is 11.1 Å². The molecule has 0 saturated carbocycles. The van der Waals surface area contributed by atoms with Crippen LogP contribution in [0.3, 0.4) is 0 Å². The molecule has 1 aromatic carbocycles. The highest BCUT2D eigenvalue weighted by molar-refractivity contribution is 9.10. The van der Waals surface area contributed by atoms with Crippen molar-refractivity contribution in [3.63, 3.8) is 0 Å². The first kappa shape index (κ1) is 15.6. The number of halogens is 6. The fraction of sp³-hybridized carbons (Fsp3) is 0.455. The van der Waals surface area contributed by atoms with E-state index in [1.807, 2.05) is 0 Å². The molecule has 0 N–H and O–H groups in total. The highest BCUT2D eigenvalue weighted by Crippen LogP contribution is 2.45. The lowest BCUT2D eigenvalue weighted by molar-refractivity contribution is -0.130. The van der Waals surface area contributed by atoms with E-state index < -0.39 is 17.7 Å². The summed E-state index contributed by atoms with van der Waals surface area (Å²) >= 11 is 8.61. The third-order valence-corrected chi connectivity index (χ3v) is 3.79. The van der Waals surface area contributed by atoms with Gasteiger partial charge in [-0.2, -0.15) is 8.78 Å². The Bertz CT molecular complexity index is 439. The quantitative estimate of drug-likeness (QED) is 0.552. The van der Waals surface area contributed by atoms with Crippen molar-refractivity contribution in [2.24, 2.45) is 0 Å². The maximum absolute atomic E-state index is 13.2. The van der Waals surface area contributed by atoms with Gasteiger partial charge < -0.3 is 4.74 Å². The molecule has 0 aliphatic heterocycles. The van der Waals surface area contributed by atoms with Crippen LogP contribution < -0.4 is 4.74 Å². The van der Waals surface area contributed by atoms with E-state index in [1.165, 1.54) is 19.2 Å². The lowest BCUT2D eigenvalue weighted by Gasteiger charge is -2.23. The monoisotopic (exact) mass is 348 g/mol. The summed E-state index contributed by atoms with van der Waals surface area (Å²) in [5, 5.41) is -2.16. The maximum Gasteiger partial charge on any atom is 0.327 e. The van der Waals surface area contributed by atoms with Crippen LogP contribution >= 0.6 is 27.5 Å². The molecule has 1 atom stereocenters. The molecule has 0 saturated heterocycles. The van der Waals surface area contributed by atoms with E-state index in [2.05, 4.69) is 15.9 Å². The minimum absolute atomic E-state index is 0.0519. The van der Waals surface area contributed by atoms with Crippen LogP contribution in [0.4, 0.5) is 17.6 Å². The smallest absolute Gasteiger partial charge is 0.327 e. The van der Waals surface area contributed by atoms with Crippen molar-refractivity contribution >= 4 is 27.5 Å². The molecular weight excluding hydrogens is 339 g/mol. The molecule has 0 spiro atoms. The highest BCUT2D eigenvalue weighted by Gasteiger charge is 2.49. The lowest BCUT2D eigenvalue weighted by Crippen LogP contribution is -2.31. The van der Waals surface area contributed by atoms with Crippen LogP contribution in [0.25, 0.3) is 0 Å². The summed E-state index contributed by atoms with van der Waals surface area (Å²) in [4.78, 5) is 0. The number of hydrogen-bond donors (Lipinski definition) is 0. The maximum atomic E-state index is 13.2. The molecule has 0 bridgehead atoms. The predicted molar refractivity (Wildman–Crippen MR) is 65.0 cm³/mol. The van der Waals surface area contributed by atoms with Gasteiger partial charge in [0.05, 0.1) is 7.11 Å². The first-order valence-corrected chi connectivity index (χ1v) is 6.08. The van der Waals surface area contributed by atoms with Gasteiger partial charge >= 0.3 is 12.3 Å². The lowest BCUT2D eigenvalue weighted by atomic mass is 10.0. The summed E-state index contributed by atoms with van der Waals surface area (Å²) in [5.41, 5.74) is 0.543. The van der Waals surface area contributed by atoms with Gasteiger partial charge in [0, 0.05) is 10.0 Å². The number of benzene rings is 1. The topological polar surface area (TPSA) is 9.23 Å². The Kier molecular flexibility index (Phi) is 4.89. The first-order chi connectivity index (χ1) is 8.21. The van der Waals surface area contributed by atoms with Gasteiger partial charge in [-0.15, -0.1) is 11.6 Å². The zero-order valence-corrected chi connectivity index (χ0v) is 11.8. The second-order valence-corrected chi connectivity index (χ2v) is 4.97. The molecule has 0 amide bonds. The summed E-state index contributed by atoms with van der Waals surface area (Å²) < 4.78 is 56.4. The van der Waals surface area contributed by atoms with Crippen molar-refractivity contribution < 1.29 is 22.3 Å². The van der Waals surface area contributed by atoms with Gasteiger partial charge in [-0.25, -0.2) is 8.78 Å². The van der Waals surface area contributed by atoms with Crippen molar-refractivity contribution in [3.05, 3.63) is 27.7 Å². The molecule has 18 heavy (non-hydrogen) atoms. The molecule has 0 aliphatic carbocycles. The molecule has 102 valence electrons. The summed E-state index contributed by atoms with van der Waals surface area (Å²) in [7, 11) is 1.26. The second-order valence-electron chi connectivity index (χ2n) is 3.68. The van der Waals surface area contributed by atoms with Gasteiger partial charge in [0.15, 0.2) is 0 Å². The highest BCUT2D eigenvalue weighted by atomic mass is 79.9. The van der Waals surface area contributed by atoms with Gasteiger partial charge in [-0.05, 0) is 24.6 Å². The van der Waals surface area contributed by atoms with Crippen LogP contribution in [0, 0.1) is 6.92 Å². The number of methoxy groups -OCH3 is 1. The number of aryl methyl sites for hydroxylation is 1. The Morgan fingerprint density at radius 3 is 2.33 bits per heavy atom. The third-order valence-electron chi connectivity index (χ3n) is 2.41. The second kappa shape index (κ2) is 5.65. The molecule has 0 heterocycles. The van der Waals surface area contributed by atoms with Crippen molar-refractivity contribution in [1.29, 1.82) is 0 Å². The molecule has 0 radical (unpaired) electrons. The summed E-state index contributed by atoms with van der Waals surface area (Å²) in [6, 6.07) is 2.72. The minimum Gasteiger partial charge on any atom is -0.496 e. The van der Waals surface area contributed by atoms with Gasteiger partial charge in [0.2, 0.25) is 0 Å². The van der Waals surface area contributed by atoms with Gasteiger partial charge in [-0.1, -0.05) is 15.9 Å². The van der Waals surface area contributed by atoms with Crippen molar-refractivity contribution in [2.75, 3.05) is 7.11 Å². The molecule has 0 aliphatic rings. The van der Waals surface area contributed by atoms with Crippen LogP contribution in [0.15, 0.2) is 16.6 Å². The fourth-order valence-electron chi connectivity index (χ4n) is 1.36. The average Bonchev–Trinajstić information content (AvgIpc) is 2.30. The summed E-state index contributed by atoms with van der Waals surface area (Å²) in [5.74, 6) is -4.28. The predicted octanol–water partition coefficient (Wildman–Crippen LogP) is 4.95. The first-order valence-electron chi connectivity index (χ1n) is 4.85. The average molecular weight is 350 g/mol. The van der Waals surface area contributed by atoms with E-state index in [1.54, 1.807) is 6.92 Å². The number of rotatable bonds is 4. The standard InChI is InChI=1S/C11H10BrClF4O/c1-5-3-8(18-2)6(4-7(5)12)9(13)11(16,17)10(14)15/h3-4,9-10H,1-2H3. The summed E-state index contributed by atoms with van der Waals surface area (Å²) in [6.07, 6.45) is -3.84. The molecule has 7 heteroatoms. The molecule has 0 fully saturated rings. The normalized spacial score (nSPS) is 13.8. The third kappa shape index (κ3) is 2.91. The van der Waals surface area contributed by atoms with Crippen molar-refractivity contribution in [2.45, 2.75) is 24.6 Å². The largest absolute Gasteiger partial charge is 0.496 e. The fourth-order valence-corrected chi connectivity index (χ4v) is 1.99. The van der Waals surface area contributed by atoms with E-state index >= 15 is 0 Å². The molecule has 0 aromatic heterocycles.